The molecule has 24 heavy (non-hydrogen) atoms. The summed E-state index contributed by atoms with van der Waals surface area (Å²) in [5.74, 6) is 0.816. The van der Waals surface area contributed by atoms with Crippen LogP contribution in [0.3, 0.4) is 0 Å². The van der Waals surface area contributed by atoms with Crippen LogP contribution in [-0.2, 0) is 19.6 Å². The number of benzene rings is 1. The van der Waals surface area contributed by atoms with E-state index in [4.69, 9.17) is 4.74 Å². The molecule has 0 aliphatic rings. The summed E-state index contributed by atoms with van der Waals surface area (Å²) >= 11 is 0. The molecule has 0 saturated heterocycles. The molecule has 0 unspecified atom stereocenters. The van der Waals surface area contributed by atoms with Gasteiger partial charge in [0.2, 0.25) is 0 Å². The maximum Gasteiger partial charge on any atom is 0.119 e. The minimum atomic E-state index is 0.641. The molecule has 3 aromatic rings. The van der Waals surface area contributed by atoms with Crippen molar-refractivity contribution in [1.29, 1.82) is 0 Å². The lowest BCUT2D eigenvalue weighted by Gasteiger charge is -2.09. The van der Waals surface area contributed by atoms with Crippen molar-refractivity contribution in [3.05, 3.63) is 53.6 Å². The lowest BCUT2D eigenvalue weighted by Crippen LogP contribution is -2.10. The Hall–Kier alpha value is -2.74. The predicted molar refractivity (Wildman–Crippen MR) is 88.6 cm³/mol. The number of hydrogen-bond acceptors (Lipinski definition) is 6. The van der Waals surface area contributed by atoms with Gasteiger partial charge in [0.15, 0.2) is 0 Å². The first-order valence-electron chi connectivity index (χ1n) is 7.67. The summed E-state index contributed by atoms with van der Waals surface area (Å²) in [6, 6.07) is 6.14. The first-order valence-corrected chi connectivity index (χ1v) is 7.67. The Balaban J connectivity index is 1.78. The molecule has 0 fully saturated rings. The van der Waals surface area contributed by atoms with Crippen LogP contribution in [0.25, 0.3) is 0 Å². The van der Waals surface area contributed by atoms with Crippen molar-refractivity contribution in [2.24, 2.45) is 0 Å². The van der Waals surface area contributed by atoms with Crippen LogP contribution in [0, 0.1) is 0 Å². The fourth-order valence-electron chi connectivity index (χ4n) is 2.53. The monoisotopic (exact) mass is 327 g/mol. The average molecular weight is 327 g/mol. The maximum absolute atomic E-state index is 5.41. The molecule has 1 aromatic carbocycles. The van der Waals surface area contributed by atoms with Gasteiger partial charge in [-0.15, -0.1) is 10.2 Å². The van der Waals surface area contributed by atoms with Gasteiger partial charge in [0.25, 0.3) is 0 Å². The van der Waals surface area contributed by atoms with Gasteiger partial charge in [0, 0.05) is 12.7 Å². The summed E-state index contributed by atoms with van der Waals surface area (Å²) in [5, 5.41) is 16.2. The van der Waals surface area contributed by atoms with Crippen LogP contribution >= 0.6 is 0 Å². The molecule has 0 N–H and O–H groups in total. The highest BCUT2D eigenvalue weighted by atomic mass is 16.5. The zero-order valence-corrected chi connectivity index (χ0v) is 14.1. The van der Waals surface area contributed by atoms with Gasteiger partial charge in [-0.2, -0.15) is 0 Å². The molecule has 0 saturated carbocycles. The number of aromatic nitrogens is 6. The standard InChI is InChI=1S/C16H21N7O/c1-21(2)11-15-12-23(20-18-15)10-14-6-13(7-16(8-14)24-3)9-22-5-4-17-19-22/h4-8,12H,9-11H2,1-3H3. The summed E-state index contributed by atoms with van der Waals surface area (Å²) < 4.78 is 9.03. The van der Waals surface area contributed by atoms with E-state index in [1.54, 1.807) is 18.0 Å². The smallest absolute Gasteiger partial charge is 0.119 e. The zero-order valence-electron chi connectivity index (χ0n) is 14.1. The van der Waals surface area contributed by atoms with Crippen molar-refractivity contribution in [3.63, 3.8) is 0 Å². The molecule has 3 rings (SSSR count). The average Bonchev–Trinajstić information content (AvgIpc) is 3.18. The van der Waals surface area contributed by atoms with E-state index in [9.17, 15) is 0 Å². The summed E-state index contributed by atoms with van der Waals surface area (Å²) in [5.41, 5.74) is 3.15. The second kappa shape index (κ2) is 7.22. The number of nitrogens with zero attached hydrogens (tertiary/aromatic N) is 7. The molecule has 0 spiro atoms. The van der Waals surface area contributed by atoms with Gasteiger partial charge in [-0.3, -0.25) is 0 Å². The van der Waals surface area contributed by atoms with Gasteiger partial charge in [0.05, 0.1) is 38.3 Å². The Labute approximate surface area is 140 Å². The number of hydrogen-bond donors (Lipinski definition) is 0. The highest BCUT2D eigenvalue weighted by Gasteiger charge is 2.07. The van der Waals surface area contributed by atoms with E-state index in [1.807, 2.05) is 43.3 Å². The Morgan fingerprint density at radius 2 is 1.79 bits per heavy atom. The van der Waals surface area contributed by atoms with E-state index in [1.165, 1.54) is 0 Å². The van der Waals surface area contributed by atoms with Crippen LogP contribution in [0.5, 0.6) is 5.75 Å². The molecule has 8 nitrogen and oxygen atoms in total. The van der Waals surface area contributed by atoms with Crippen molar-refractivity contribution in [2.75, 3.05) is 21.2 Å². The molecule has 0 radical (unpaired) electrons. The van der Waals surface area contributed by atoms with Gasteiger partial charge in [0.1, 0.15) is 5.75 Å². The normalized spacial score (nSPS) is 11.2. The van der Waals surface area contributed by atoms with Crippen molar-refractivity contribution in [2.45, 2.75) is 19.6 Å². The van der Waals surface area contributed by atoms with Crippen molar-refractivity contribution >= 4 is 0 Å². The van der Waals surface area contributed by atoms with Crippen molar-refractivity contribution in [3.8, 4) is 5.75 Å². The van der Waals surface area contributed by atoms with Crippen LogP contribution in [-0.4, -0.2) is 56.1 Å². The van der Waals surface area contributed by atoms with Gasteiger partial charge in [-0.05, 0) is 37.4 Å². The molecule has 0 bridgehead atoms. The van der Waals surface area contributed by atoms with E-state index in [0.29, 0.717) is 13.1 Å². The van der Waals surface area contributed by atoms with Crippen molar-refractivity contribution in [1.82, 2.24) is 34.9 Å². The van der Waals surface area contributed by atoms with Crippen LogP contribution in [0.1, 0.15) is 16.8 Å². The minimum absolute atomic E-state index is 0.641. The van der Waals surface area contributed by atoms with Gasteiger partial charge < -0.3 is 9.64 Å². The Morgan fingerprint density at radius 3 is 2.42 bits per heavy atom. The van der Waals surface area contributed by atoms with E-state index in [-0.39, 0.29) is 0 Å². The predicted octanol–water partition coefficient (Wildman–Crippen LogP) is 1.04. The minimum Gasteiger partial charge on any atom is -0.497 e. The second-order valence-corrected chi connectivity index (χ2v) is 5.94. The quantitative estimate of drug-likeness (QED) is 0.645. The fraction of sp³-hybridized carbons (Fsp3) is 0.375. The van der Waals surface area contributed by atoms with Crippen molar-refractivity contribution < 1.29 is 4.74 Å². The van der Waals surface area contributed by atoms with E-state index < -0.39 is 0 Å². The summed E-state index contributed by atoms with van der Waals surface area (Å²) in [4.78, 5) is 2.07. The number of methoxy groups -OCH3 is 1. The Kier molecular flexibility index (Phi) is 4.85. The van der Waals surface area contributed by atoms with Crippen LogP contribution in [0.4, 0.5) is 0 Å². The molecule has 0 aliphatic heterocycles. The molecular weight excluding hydrogens is 306 g/mol. The highest BCUT2D eigenvalue weighted by Crippen LogP contribution is 2.18. The molecule has 0 atom stereocenters. The van der Waals surface area contributed by atoms with Crippen LogP contribution in [0.2, 0.25) is 0 Å². The first-order chi connectivity index (χ1) is 11.6. The van der Waals surface area contributed by atoms with E-state index in [2.05, 4.69) is 31.6 Å². The molecule has 2 aromatic heterocycles. The lowest BCUT2D eigenvalue weighted by molar-refractivity contribution is 0.396. The van der Waals surface area contributed by atoms with Crippen LogP contribution < -0.4 is 4.74 Å². The summed E-state index contributed by atoms with van der Waals surface area (Å²) in [7, 11) is 5.69. The third-order valence-electron chi connectivity index (χ3n) is 3.49. The zero-order chi connectivity index (χ0) is 16.9. The third kappa shape index (κ3) is 4.17. The summed E-state index contributed by atoms with van der Waals surface area (Å²) in [6.45, 7) is 2.06. The fourth-order valence-corrected chi connectivity index (χ4v) is 2.53. The Bertz CT molecular complexity index is 780. The molecule has 2 heterocycles. The molecular formula is C16H21N7O. The van der Waals surface area contributed by atoms with Gasteiger partial charge >= 0.3 is 0 Å². The molecule has 0 aliphatic carbocycles. The molecule has 0 amide bonds. The molecule has 8 heteroatoms. The highest BCUT2D eigenvalue weighted by molar-refractivity contribution is 5.34. The topological polar surface area (TPSA) is 73.9 Å². The SMILES string of the molecule is COc1cc(Cn2ccnn2)cc(Cn2cc(CN(C)C)nn2)c1. The first kappa shape index (κ1) is 16.1. The third-order valence-corrected chi connectivity index (χ3v) is 3.49. The van der Waals surface area contributed by atoms with Gasteiger partial charge in [-0.25, -0.2) is 9.36 Å². The van der Waals surface area contributed by atoms with E-state index in [0.717, 1.165) is 29.1 Å². The summed E-state index contributed by atoms with van der Waals surface area (Å²) in [6.07, 6.45) is 5.48. The second-order valence-electron chi connectivity index (χ2n) is 5.94. The van der Waals surface area contributed by atoms with Gasteiger partial charge in [-0.1, -0.05) is 16.5 Å². The van der Waals surface area contributed by atoms with E-state index >= 15 is 0 Å². The molecule has 126 valence electrons. The van der Waals surface area contributed by atoms with Crippen LogP contribution in [0.15, 0.2) is 36.8 Å². The largest absolute Gasteiger partial charge is 0.497 e. The lowest BCUT2D eigenvalue weighted by atomic mass is 10.1. The maximum atomic E-state index is 5.41. The number of rotatable bonds is 7. The Morgan fingerprint density at radius 1 is 1.04 bits per heavy atom. The number of ether oxygens (including phenoxy) is 1.